The minimum atomic E-state index is -0.293. The van der Waals surface area contributed by atoms with Crippen LogP contribution in [0.1, 0.15) is 24.3 Å². The maximum atomic E-state index is 11.4. The molecule has 3 rings (SSSR count). The highest BCUT2D eigenvalue weighted by atomic mass is 16.4. The maximum Gasteiger partial charge on any atom is 0.419 e. The van der Waals surface area contributed by atoms with Crippen molar-refractivity contribution in [2.45, 2.75) is 18.8 Å². The third-order valence-electron chi connectivity index (χ3n) is 3.58. The Bertz CT molecular complexity index is 591. The first-order valence-electron chi connectivity index (χ1n) is 6.06. The molecule has 1 N–H and O–H groups in total. The number of rotatable bonds is 1. The Labute approximate surface area is 99.2 Å². The predicted molar refractivity (Wildman–Crippen MR) is 66.3 cm³/mol. The zero-order valence-electron chi connectivity index (χ0n) is 9.90. The van der Waals surface area contributed by atoms with Crippen LogP contribution in [0.25, 0.3) is 11.1 Å². The topological polar surface area (TPSA) is 47.2 Å². The van der Waals surface area contributed by atoms with Gasteiger partial charge < -0.3 is 9.73 Å². The average Bonchev–Trinajstić information content (AvgIpc) is 2.66. The summed E-state index contributed by atoms with van der Waals surface area (Å²) in [5.41, 5.74) is 2.85. The van der Waals surface area contributed by atoms with Gasteiger partial charge in [0.05, 0.1) is 5.52 Å². The fourth-order valence-corrected chi connectivity index (χ4v) is 2.53. The molecule has 2 heterocycles. The molecule has 4 nitrogen and oxygen atoms in total. The Morgan fingerprint density at radius 2 is 2.35 bits per heavy atom. The number of benzene rings is 1. The van der Waals surface area contributed by atoms with E-state index in [9.17, 15) is 4.79 Å². The Hall–Kier alpha value is -1.55. The van der Waals surface area contributed by atoms with Crippen LogP contribution in [0.5, 0.6) is 0 Å². The van der Waals surface area contributed by atoms with Gasteiger partial charge in [0.1, 0.15) is 0 Å². The first-order chi connectivity index (χ1) is 8.25. The van der Waals surface area contributed by atoms with E-state index < -0.39 is 0 Å². The minimum Gasteiger partial charge on any atom is -0.408 e. The summed E-state index contributed by atoms with van der Waals surface area (Å²) in [5, 5.41) is 3.41. The van der Waals surface area contributed by atoms with Crippen LogP contribution in [0, 0.1) is 0 Å². The van der Waals surface area contributed by atoms with E-state index >= 15 is 0 Å². The van der Waals surface area contributed by atoms with E-state index in [4.69, 9.17) is 4.42 Å². The fraction of sp³-hybridized carbons (Fsp3) is 0.462. The summed E-state index contributed by atoms with van der Waals surface area (Å²) < 4.78 is 6.70. The molecule has 1 fully saturated rings. The standard InChI is InChI=1S/C13H16N2O2/c1-15-11-7-9(10-3-2-6-14-8-10)4-5-12(11)17-13(15)16/h4-5,7,10,14H,2-3,6,8H2,1H3. The van der Waals surface area contributed by atoms with Gasteiger partial charge in [0.2, 0.25) is 0 Å². The zero-order valence-corrected chi connectivity index (χ0v) is 9.90. The number of aryl methyl sites for hydroxylation is 1. The molecule has 0 saturated carbocycles. The number of nitrogens with one attached hydrogen (secondary N) is 1. The fourth-order valence-electron chi connectivity index (χ4n) is 2.53. The predicted octanol–water partition coefficient (Wildman–Crippen LogP) is 1.60. The Morgan fingerprint density at radius 1 is 1.47 bits per heavy atom. The molecule has 4 heteroatoms. The van der Waals surface area contributed by atoms with Gasteiger partial charge in [-0.1, -0.05) is 6.07 Å². The average molecular weight is 232 g/mol. The Kier molecular flexibility index (Phi) is 2.52. The van der Waals surface area contributed by atoms with Gasteiger partial charge in [0.15, 0.2) is 5.58 Å². The number of oxazole rings is 1. The normalized spacial score (nSPS) is 20.9. The number of piperidine rings is 1. The summed E-state index contributed by atoms with van der Waals surface area (Å²) in [6.07, 6.45) is 2.43. The molecule has 1 saturated heterocycles. The molecule has 1 aliphatic rings. The van der Waals surface area contributed by atoms with E-state index in [1.165, 1.54) is 18.4 Å². The van der Waals surface area contributed by atoms with E-state index in [-0.39, 0.29) is 5.76 Å². The van der Waals surface area contributed by atoms with Crippen molar-refractivity contribution in [1.82, 2.24) is 9.88 Å². The van der Waals surface area contributed by atoms with Crippen molar-refractivity contribution in [3.8, 4) is 0 Å². The molecule has 1 atom stereocenters. The number of hydrogen-bond donors (Lipinski definition) is 1. The quantitative estimate of drug-likeness (QED) is 0.812. The maximum absolute atomic E-state index is 11.4. The lowest BCUT2D eigenvalue weighted by Gasteiger charge is -2.23. The van der Waals surface area contributed by atoms with Gasteiger partial charge in [-0.2, -0.15) is 0 Å². The van der Waals surface area contributed by atoms with E-state index in [0.29, 0.717) is 11.5 Å². The van der Waals surface area contributed by atoms with Crippen LogP contribution < -0.4 is 11.1 Å². The smallest absolute Gasteiger partial charge is 0.408 e. The van der Waals surface area contributed by atoms with Crippen LogP contribution in [-0.2, 0) is 7.05 Å². The molecule has 90 valence electrons. The molecule has 0 aliphatic carbocycles. The molecule has 0 radical (unpaired) electrons. The Balaban J connectivity index is 2.05. The van der Waals surface area contributed by atoms with E-state index in [2.05, 4.69) is 17.4 Å². The summed E-state index contributed by atoms with van der Waals surface area (Å²) in [7, 11) is 1.75. The number of aromatic nitrogens is 1. The van der Waals surface area contributed by atoms with Crippen LogP contribution >= 0.6 is 0 Å². The second-order valence-electron chi connectivity index (χ2n) is 4.70. The largest absolute Gasteiger partial charge is 0.419 e. The third kappa shape index (κ3) is 1.78. The van der Waals surface area contributed by atoms with Crippen LogP contribution in [-0.4, -0.2) is 17.7 Å². The summed E-state index contributed by atoms with van der Waals surface area (Å²) >= 11 is 0. The van der Waals surface area contributed by atoms with Gasteiger partial charge in [-0.15, -0.1) is 0 Å². The molecular weight excluding hydrogens is 216 g/mol. The molecule has 0 spiro atoms. The van der Waals surface area contributed by atoms with Crippen molar-refractivity contribution < 1.29 is 4.42 Å². The highest BCUT2D eigenvalue weighted by molar-refractivity contribution is 5.73. The van der Waals surface area contributed by atoms with Gasteiger partial charge in [0.25, 0.3) is 0 Å². The lowest BCUT2D eigenvalue weighted by Crippen LogP contribution is -2.28. The molecule has 1 aromatic carbocycles. The second-order valence-corrected chi connectivity index (χ2v) is 4.70. The first-order valence-corrected chi connectivity index (χ1v) is 6.06. The van der Waals surface area contributed by atoms with Crippen molar-refractivity contribution in [2.24, 2.45) is 7.05 Å². The van der Waals surface area contributed by atoms with Crippen LogP contribution in [0.15, 0.2) is 27.4 Å². The highest BCUT2D eigenvalue weighted by Gasteiger charge is 2.16. The van der Waals surface area contributed by atoms with Crippen LogP contribution in [0.2, 0.25) is 0 Å². The summed E-state index contributed by atoms with van der Waals surface area (Å²) in [4.78, 5) is 11.4. The minimum absolute atomic E-state index is 0.293. The molecule has 0 bridgehead atoms. The van der Waals surface area contributed by atoms with Crippen LogP contribution in [0.3, 0.4) is 0 Å². The van der Waals surface area contributed by atoms with Gasteiger partial charge in [0, 0.05) is 13.6 Å². The van der Waals surface area contributed by atoms with Crippen molar-refractivity contribution in [1.29, 1.82) is 0 Å². The SMILES string of the molecule is Cn1c(=O)oc2ccc(C3CCCNC3)cc21. The summed E-state index contributed by atoms with van der Waals surface area (Å²) in [5.74, 6) is 0.261. The van der Waals surface area contributed by atoms with Gasteiger partial charge in [-0.05, 0) is 43.0 Å². The number of nitrogens with zero attached hydrogens (tertiary/aromatic N) is 1. The molecule has 17 heavy (non-hydrogen) atoms. The summed E-state index contributed by atoms with van der Waals surface area (Å²) in [6.45, 7) is 2.14. The van der Waals surface area contributed by atoms with E-state index in [1.807, 2.05) is 6.07 Å². The zero-order chi connectivity index (χ0) is 11.8. The number of fused-ring (bicyclic) bond motifs is 1. The monoisotopic (exact) mass is 232 g/mol. The van der Waals surface area contributed by atoms with E-state index in [1.54, 1.807) is 11.6 Å². The van der Waals surface area contributed by atoms with Crippen molar-refractivity contribution in [3.63, 3.8) is 0 Å². The van der Waals surface area contributed by atoms with Gasteiger partial charge in [-0.3, -0.25) is 4.57 Å². The summed E-state index contributed by atoms with van der Waals surface area (Å²) in [6, 6.07) is 6.06. The van der Waals surface area contributed by atoms with Gasteiger partial charge >= 0.3 is 5.76 Å². The van der Waals surface area contributed by atoms with Gasteiger partial charge in [-0.25, -0.2) is 4.79 Å². The second kappa shape index (κ2) is 4.04. The first kappa shape index (κ1) is 10.6. The lowest BCUT2D eigenvalue weighted by atomic mass is 9.91. The Morgan fingerprint density at radius 3 is 3.12 bits per heavy atom. The third-order valence-corrected chi connectivity index (χ3v) is 3.58. The molecular formula is C13H16N2O2. The van der Waals surface area contributed by atoms with Crippen molar-refractivity contribution in [3.05, 3.63) is 34.3 Å². The molecule has 0 amide bonds. The lowest BCUT2D eigenvalue weighted by molar-refractivity contribution is 0.462. The molecule has 1 unspecified atom stereocenters. The van der Waals surface area contributed by atoms with Crippen LogP contribution in [0.4, 0.5) is 0 Å². The molecule has 1 aromatic heterocycles. The number of hydrogen-bond acceptors (Lipinski definition) is 3. The van der Waals surface area contributed by atoms with E-state index in [0.717, 1.165) is 18.6 Å². The molecule has 2 aromatic rings. The molecule has 1 aliphatic heterocycles. The van der Waals surface area contributed by atoms with Crippen molar-refractivity contribution in [2.75, 3.05) is 13.1 Å². The highest BCUT2D eigenvalue weighted by Crippen LogP contribution is 2.25. The van der Waals surface area contributed by atoms with Crippen molar-refractivity contribution >= 4 is 11.1 Å².